The van der Waals surface area contributed by atoms with Crippen LogP contribution in [-0.2, 0) is 0 Å². The lowest BCUT2D eigenvalue weighted by Gasteiger charge is -1.98. The van der Waals surface area contributed by atoms with Crippen LogP contribution in [0.25, 0.3) is 22.1 Å². The van der Waals surface area contributed by atoms with Crippen LogP contribution in [0.3, 0.4) is 0 Å². The van der Waals surface area contributed by atoms with Gasteiger partial charge >= 0.3 is 22.2 Å². The number of aromatic amines is 4. The lowest BCUT2D eigenvalue weighted by atomic mass is 10.2. The van der Waals surface area contributed by atoms with E-state index in [1.165, 1.54) is 18.2 Å². The Labute approximate surface area is 152 Å². The van der Waals surface area contributed by atoms with Crippen molar-refractivity contribution >= 4 is 33.4 Å². The van der Waals surface area contributed by atoms with Gasteiger partial charge in [-0.2, -0.15) is 0 Å². The summed E-state index contributed by atoms with van der Waals surface area (Å²) in [5, 5.41) is 10.6. The number of nitrogens with two attached hydrogens (primary N) is 1. The molecule has 0 fully saturated rings. The first-order chi connectivity index (χ1) is 13.3. The molecule has 0 saturated heterocycles. The number of nitro groups is 1. The van der Waals surface area contributed by atoms with Gasteiger partial charge in [-0.3, -0.25) is 29.3 Å². The Kier molecular flexibility index (Phi) is 4.60. The van der Waals surface area contributed by atoms with Crippen molar-refractivity contribution in [2.24, 2.45) is 0 Å². The Hall–Kier alpha value is -4.48. The fraction of sp³-hybridized carbons (Fsp3) is 0. The van der Waals surface area contributed by atoms with E-state index in [0.29, 0.717) is 16.7 Å². The Morgan fingerprint density at radius 2 is 1.18 bits per heavy atom. The average Bonchev–Trinajstić information content (AvgIpc) is 2.64. The third kappa shape index (κ3) is 3.41. The number of nitrogens with zero attached hydrogens (tertiary/aromatic N) is 1. The molecule has 28 heavy (non-hydrogen) atoms. The molecule has 0 amide bonds. The van der Waals surface area contributed by atoms with Gasteiger partial charge in [0.2, 0.25) is 0 Å². The molecule has 2 aromatic heterocycles. The summed E-state index contributed by atoms with van der Waals surface area (Å²) in [6.07, 6.45) is 0. The van der Waals surface area contributed by atoms with E-state index in [1.54, 1.807) is 18.2 Å². The number of rotatable bonds is 1. The van der Waals surface area contributed by atoms with E-state index in [0.717, 1.165) is 0 Å². The summed E-state index contributed by atoms with van der Waals surface area (Å²) in [7, 11) is 0. The molecule has 0 aliphatic rings. The highest BCUT2D eigenvalue weighted by molar-refractivity contribution is 5.85. The number of nitro benzene ring substituents is 1. The Morgan fingerprint density at radius 3 is 1.75 bits per heavy atom. The van der Waals surface area contributed by atoms with Gasteiger partial charge in [-0.05, 0) is 18.2 Å². The van der Waals surface area contributed by atoms with Gasteiger partial charge in [0.25, 0.3) is 5.69 Å². The van der Waals surface area contributed by atoms with Crippen LogP contribution in [0.4, 0.5) is 11.4 Å². The van der Waals surface area contributed by atoms with Crippen molar-refractivity contribution in [1.82, 2.24) is 19.9 Å². The fourth-order valence-corrected chi connectivity index (χ4v) is 2.44. The summed E-state index contributed by atoms with van der Waals surface area (Å²) >= 11 is 0. The normalized spacial score (nSPS) is 10.4. The summed E-state index contributed by atoms with van der Waals surface area (Å²) in [5.41, 5.74) is 3.92. The molecule has 0 aliphatic carbocycles. The summed E-state index contributed by atoms with van der Waals surface area (Å²) in [6.45, 7) is 0. The topological polar surface area (TPSA) is 201 Å². The number of benzene rings is 2. The van der Waals surface area contributed by atoms with Crippen molar-refractivity contribution in [3.63, 3.8) is 0 Å². The lowest BCUT2D eigenvalue weighted by Crippen LogP contribution is -2.29. The number of nitrogen functional groups attached to an aromatic ring is 1. The molecule has 2 heterocycles. The predicted molar refractivity (Wildman–Crippen MR) is 101 cm³/mol. The van der Waals surface area contributed by atoms with E-state index in [2.05, 4.69) is 19.9 Å². The van der Waals surface area contributed by atoms with Crippen LogP contribution in [0.2, 0.25) is 0 Å². The summed E-state index contributed by atoms with van der Waals surface area (Å²) in [4.78, 5) is 63.0. The molecule has 12 nitrogen and oxygen atoms in total. The Balaban J connectivity index is 0.000000162. The molecule has 4 aromatic rings. The second-order valence-electron chi connectivity index (χ2n) is 5.54. The molecule has 2 aromatic carbocycles. The second kappa shape index (κ2) is 7.03. The summed E-state index contributed by atoms with van der Waals surface area (Å²) in [5.74, 6) is 0. The average molecular weight is 384 g/mol. The van der Waals surface area contributed by atoms with Crippen molar-refractivity contribution in [1.29, 1.82) is 0 Å². The van der Waals surface area contributed by atoms with Crippen LogP contribution in [0, 0.1) is 10.1 Å². The minimum Gasteiger partial charge on any atom is -0.397 e. The third-order valence-electron chi connectivity index (χ3n) is 3.72. The first-order valence-corrected chi connectivity index (χ1v) is 7.68. The van der Waals surface area contributed by atoms with Gasteiger partial charge in [-0.1, -0.05) is 12.1 Å². The maximum Gasteiger partial charge on any atom is 0.314 e. The Morgan fingerprint density at radius 1 is 0.714 bits per heavy atom. The van der Waals surface area contributed by atoms with Crippen LogP contribution in [-0.4, -0.2) is 24.9 Å². The maximum absolute atomic E-state index is 11.0. The molecule has 0 radical (unpaired) electrons. The number of non-ortho nitro benzene ring substituents is 1. The molecule has 0 spiro atoms. The minimum atomic E-state index is -0.906. The first-order valence-electron chi connectivity index (χ1n) is 7.68. The van der Waals surface area contributed by atoms with E-state index >= 15 is 0 Å². The highest BCUT2D eigenvalue weighted by atomic mass is 16.6. The van der Waals surface area contributed by atoms with Gasteiger partial charge in [-0.15, -0.1) is 0 Å². The fourth-order valence-electron chi connectivity index (χ4n) is 2.44. The summed E-state index contributed by atoms with van der Waals surface area (Å²) in [6, 6.07) is 9.16. The van der Waals surface area contributed by atoms with Crippen LogP contribution < -0.4 is 28.0 Å². The van der Waals surface area contributed by atoms with Gasteiger partial charge in [-0.25, -0.2) is 0 Å². The molecular weight excluding hydrogens is 372 g/mol. The molecule has 0 saturated carbocycles. The number of aromatic nitrogens is 4. The Bertz CT molecular complexity index is 1440. The highest BCUT2D eigenvalue weighted by Crippen LogP contribution is 2.19. The van der Waals surface area contributed by atoms with Gasteiger partial charge in [0.1, 0.15) is 5.52 Å². The number of hydrogen-bond acceptors (Lipinski definition) is 7. The second-order valence-corrected chi connectivity index (χ2v) is 5.54. The smallest absolute Gasteiger partial charge is 0.314 e. The molecule has 0 bridgehead atoms. The monoisotopic (exact) mass is 384 g/mol. The largest absolute Gasteiger partial charge is 0.397 e. The molecule has 0 unspecified atom stereocenters. The first kappa shape index (κ1) is 18.3. The number of nitrogens with one attached hydrogen (secondary N) is 4. The maximum atomic E-state index is 11.0. The van der Waals surface area contributed by atoms with Crippen molar-refractivity contribution in [3.05, 3.63) is 87.9 Å². The molecular formula is C16H12N6O6. The summed E-state index contributed by atoms with van der Waals surface area (Å²) < 4.78 is 0. The molecule has 6 N–H and O–H groups in total. The van der Waals surface area contributed by atoms with Crippen molar-refractivity contribution in [2.45, 2.75) is 0 Å². The number of para-hydroxylation sites is 2. The van der Waals surface area contributed by atoms with E-state index in [1.807, 2.05) is 0 Å². The molecule has 0 atom stereocenters. The molecule has 142 valence electrons. The van der Waals surface area contributed by atoms with E-state index in [-0.39, 0.29) is 16.7 Å². The van der Waals surface area contributed by atoms with Crippen molar-refractivity contribution < 1.29 is 4.92 Å². The van der Waals surface area contributed by atoms with Crippen LogP contribution >= 0.6 is 0 Å². The van der Waals surface area contributed by atoms with Gasteiger partial charge in [0, 0.05) is 6.07 Å². The molecule has 12 heteroatoms. The van der Waals surface area contributed by atoms with Crippen LogP contribution in [0.5, 0.6) is 0 Å². The van der Waals surface area contributed by atoms with Crippen LogP contribution in [0.15, 0.2) is 55.6 Å². The van der Waals surface area contributed by atoms with E-state index in [4.69, 9.17) is 5.73 Å². The molecule has 0 aliphatic heterocycles. The van der Waals surface area contributed by atoms with Gasteiger partial charge < -0.3 is 25.7 Å². The minimum absolute atomic E-state index is 0.0205. The number of anilines is 1. The zero-order chi connectivity index (χ0) is 20.4. The van der Waals surface area contributed by atoms with Gasteiger partial charge in [0.05, 0.1) is 27.2 Å². The van der Waals surface area contributed by atoms with E-state index in [9.17, 15) is 29.3 Å². The molecule has 4 rings (SSSR count). The number of fused-ring (bicyclic) bond motifs is 2. The predicted octanol–water partition coefficient (Wildman–Crippen LogP) is -0.0768. The SMILES string of the molecule is Nc1cccc2[nH]c(=O)c(=O)[nH]c12.O=c1[nH]c2cccc([N+](=O)[O-])c2[nH]c1=O. The third-order valence-corrected chi connectivity index (χ3v) is 3.72. The standard InChI is InChI=1S/C8H5N3O4.C8H7N3O2/c12-7-8(13)10-6-4(9-7)2-1-3-5(6)11(14)15;9-4-2-1-3-5-6(4)11-8(13)7(12)10-5/h1-3H,(H,9,12)(H,10,13);1-3H,9H2,(H,10,12)(H,11,13). The quantitative estimate of drug-likeness (QED) is 0.131. The van der Waals surface area contributed by atoms with Crippen LogP contribution in [0.1, 0.15) is 0 Å². The van der Waals surface area contributed by atoms with Crippen molar-refractivity contribution in [2.75, 3.05) is 5.73 Å². The zero-order valence-electron chi connectivity index (χ0n) is 13.9. The number of H-pyrrole nitrogens is 4. The lowest BCUT2D eigenvalue weighted by molar-refractivity contribution is -0.383. The van der Waals surface area contributed by atoms with Crippen molar-refractivity contribution in [3.8, 4) is 0 Å². The highest BCUT2D eigenvalue weighted by Gasteiger charge is 2.12. The van der Waals surface area contributed by atoms with Gasteiger partial charge in [0.15, 0.2) is 0 Å². The zero-order valence-corrected chi connectivity index (χ0v) is 13.9. The van der Waals surface area contributed by atoms with E-state index < -0.39 is 27.2 Å². The number of hydrogen-bond donors (Lipinski definition) is 5.